The third-order valence-corrected chi connectivity index (χ3v) is 4.59. The van der Waals surface area contributed by atoms with Crippen LogP contribution < -0.4 is 14.8 Å². The average molecular weight is 393 g/mol. The number of aliphatic carboxylic acids is 1. The van der Waals surface area contributed by atoms with E-state index in [0.717, 1.165) is 11.3 Å². The summed E-state index contributed by atoms with van der Waals surface area (Å²) in [4.78, 5) is 34.9. The maximum atomic E-state index is 12.3. The fourth-order valence-corrected chi connectivity index (χ4v) is 3.35. The number of hydrogen-bond donors (Lipinski definition) is 2. The lowest BCUT2D eigenvalue weighted by atomic mass is 10.0. The molecule has 2 rings (SSSR count). The van der Waals surface area contributed by atoms with Crippen LogP contribution in [0.5, 0.6) is 11.5 Å². The Balaban J connectivity index is 2.44. The van der Waals surface area contributed by atoms with Gasteiger partial charge in [-0.15, -0.1) is 11.3 Å². The number of esters is 1. The van der Waals surface area contributed by atoms with Gasteiger partial charge in [-0.05, 0) is 12.1 Å². The fraction of sp³-hybridized carbons (Fsp3) is 0.278. The van der Waals surface area contributed by atoms with Crippen molar-refractivity contribution in [2.45, 2.75) is 12.8 Å². The molecule has 0 unspecified atom stereocenters. The van der Waals surface area contributed by atoms with Crippen LogP contribution in [0.1, 0.15) is 23.2 Å². The minimum absolute atomic E-state index is 0.176. The molecule has 9 heteroatoms. The highest BCUT2D eigenvalue weighted by atomic mass is 32.1. The van der Waals surface area contributed by atoms with Crippen molar-refractivity contribution in [1.82, 2.24) is 0 Å². The van der Waals surface area contributed by atoms with Gasteiger partial charge in [0.15, 0.2) is 0 Å². The van der Waals surface area contributed by atoms with Gasteiger partial charge in [0.2, 0.25) is 5.91 Å². The predicted octanol–water partition coefficient (Wildman–Crippen LogP) is 3.02. The van der Waals surface area contributed by atoms with Gasteiger partial charge in [-0.3, -0.25) is 9.59 Å². The molecule has 0 spiro atoms. The van der Waals surface area contributed by atoms with Crippen molar-refractivity contribution in [3.63, 3.8) is 0 Å². The summed E-state index contributed by atoms with van der Waals surface area (Å²) in [5.74, 6) is -1.13. The Kier molecular flexibility index (Phi) is 6.78. The second-order valence-corrected chi connectivity index (χ2v) is 6.23. The number of methoxy groups -OCH3 is 3. The number of benzene rings is 1. The number of nitrogens with one attached hydrogen (secondary N) is 1. The Morgan fingerprint density at radius 1 is 1.07 bits per heavy atom. The molecule has 0 aliphatic rings. The van der Waals surface area contributed by atoms with Crippen LogP contribution >= 0.6 is 11.3 Å². The smallest absolute Gasteiger partial charge is 0.341 e. The Bertz CT molecular complexity index is 859. The van der Waals surface area contributed by atoms with Crippen LogP contribution in [0.4, 0.5) is 5.00 Å². The van der Waals surface area contributed by atoms with Gasteiger partial charge in [0.05, 0.1) is 27.8 Å². The molecule has 1 heterocycles. The van der Waals surface area contributed by atoms with Gasteiger partial charge in [0.25, 0.3) is 0 Å². The number of amides is 1. The lowest BCUT2D eigenvalue weighted by molar-refractivity contribution is -0.138. The molecule has 0 bridgehead atoms. The van der Waals surface area contributed by atoms with E-state index in [-0.39, 0.29) is 23.4 Å². The molecular formula is C18H19NO7S. The largest absolute Gasteiger partial charge is 0.497 e. The number of carboxylic acids is 1. The van der Waals surface area contributed by atoms with E-state index in [1.165, 1.54) is 21.3 Å². The third-order valence-electron chi connectivity index (χ3n) is 3.70. The molecule has 144 valence electrons. The summed E-state index contributed by atoms with van der Waals surface area (Å²) in [6.45, 7) is 0. The molecule has 0 radical (unpaired) electrons. The van der Waals surface area contributed by atoms with E-state index in [0.29, 0.717) is 22.6 Å². The summed E-state index contributed by atoms with van der Waals surface area (Å²) in [5.41, 5.74) is 1.33. The molecule has 0 aliphatic carbocycles. The lowest BCUT2D eigenvalue weighted by Gasteiger charge is -2.12. The van der Waals surface area contributed by atoms with Crippen molar-refractivity contribution >= 4 is 34.2 Å². The molecule has 2 aromatic rings. The van der Waals surface area contributed by atoms with Crippen molar-refractivity contribution in [3.05, 3.63) is 29.1 Å². The zero-order valence-electron chi connectivity index (χ0n) is 15.0. The fourth-order valence-electron chi connectivity index (χ4n) is 2.38. The monoisotopic (exact) mass is 393 g/mol. The Labute approximate surface area is 159 Å². The van der Waals surface area contributed by atoms with Gasteiger partial charge in [-0.25, -0.2) is 4.79 Å². The molecule has 27 heavy (non-hydrogen) atoms. The van der Waals surface area contributed by atoms with E-state index in [2.05, 4.69) is 5.32 Å². The molecule has 2 N–H and O–H groups in total. The maximum absolute atomic E-state index is 12.3. The number of ether oxygens (including phenoxy) is 3. The molecule has 0 saturated carbocycles. The predicted molar refractivity (Wildman–Crippen MR) is 99.7 cm³/mol. The summed E-state index contributed by atoms with van der Waals surface area (Å²) in [7, 11) is 4.27. The third kappa shape index (κ3) is 4.76. The summed E-state index contributed by atoms with van der Waals surface area (Å²) in [6.07, 6.45) is -0.501. The summed E-state index contributed by atoms with van der Waals surface area (Å²) in [6, 6.07) is 5.14. The first-order chi connectivity index (χ1) is 12.9. The first-order valence-corrected chi connectivity index (χ1v) is 8.73. The molecule has 1 amide bonds. The van der Waals surface area contributed by atoms with Crippen LogP contribution in [-0.2, 0) is 14.3 Å². The topological polar surface area (TPSA) is 111 Å². The molecule has 0 aliphatic heterocycles. The molecule has 0 saturated heterocycles. The lowest BCUT2D eigenvalue weighted by Crippen LogP contribution is -2.15. The zero-order chi connectivity index (χ0) is 20.0. The molecule has 1 aromatic heterocycles. The summed E-state index contributed by atoms with van der Waals surface area (Å²) in [5, 5.41) is 13.2. The second kappa shape index (κ2) is 9.04. The summed E-state index contributed by atoms with van der Waals surface area (Å²) >= 11 is 1.14. The van der Waals surface area contributed by atoms with E-state index >= 15 is 0 Å². The second-order valence-electron chi connectivity index (χ2n) is 5.35. The van der Waals surface area contributed by atoms with E-state index in [9.17, 15) is 14.4 Å². The van der Waals surface area contributed by atoms with Crippen LogP contribution in [0.25, 0.3) is 11.1 Å². The molecule has 8 nitrogen and oxygen atoms in total. The highest BCUT2D eigenvalue weighted by molar-refractivity contribution is 7.15. The Hall–Kier alpha value is -3.07. The SMILES string of the molecule is COC(=O)c1c(-c2ccc(OC)cc2OC)csc1NC(=O)CCC(=O)O. The van der Waals surface area contributed by atoms with Crippen molar-refractivity contribution in [1.29, 1.82) is 0 Å². The van der Waals surface area contributed by atoms with Crippen molar-refractivity contribution < 1.29 is 33.7 Å². The van der Waals surface area contributed by atoms with E-state index in [1.54, 1.807) is 23.6 Å². The zero-order valence-corrected chi connectivity index (χ0v) is 15.8. The number of anilines is 1. The number of rotatable bonds is 8. The van der Waals surface area contributed by atoms with Gasteiger partial charge in [0.1, 0.15) is 22.1 Å². The van der Waals surface area contributed by atoms with Gasteiger partial charge >= 0.3 is 11.9 Å². The minimum atomic E-state index is -1.08. The van der Waals surface area contributed by atoms with Crippen LogP contribution in [0.3, 0.4) is 0 Å². The van der Waals surface area contributed by atoms with Crippen LogP contribution in [0, 0.1) is 0 Å². The Morgan fingerprint density at radius 3 is 2.41 bits per heavy atom. The standard InChI is InChI=1S/C18H19NO7S/c1-24-10-4-5-11(13(8-10)25-2)12-9-27-17(16(12)18(23)26-3)19-14(20)6-7-15(21)22/h4-5,8-9H,6-7H2,1-3H3,(H,19,20)(H,21,22). The Morgan fingerprint density at radius 2 is 1.81 bits per heavy atom. The van der Waals surface area contributed by atoms with E-state index in [1.807, 2.05) is 0 Å². The molecule has 0 atom stereocenters. The van der Waals surface area contributed by atoms with E-state index < -0.39 is 17.8 Å². The quantitative estimate of drug-likeness (QED) is 0.663. The highest BCUT2D eigenvalue weighted by Crippen LogP contribution is 2.41. The minimum Gasteiger partial charge on any atom is -0.497 e. The number of carbonyl (C=O) groups is 3. The average Bonchev–Trinajstić information content (AvgIpc) is 3.08. The van der Waals surface area contributed by atoms with Gasteiger partial charge in [0, 0.05) is 29.0 Å². The van der Waals surface area contributed by atoms with Gasteiger partial charge in [-0.2, -0.15) is 0 Å². The van der Waals surface area contributed by atoms with Crippen LogP contribution in [0.15, 0.2) is 23.6 Å². The first kappa shape index (κ1) is 20.2. The van der Waals surface area contributed by atoms with Gasteiger partial charge < -0.3 is 24.6 Å². The summed E-state index contributed by atoms with van der Waals surface area (Å²) < 4.78 is 15.4. The number of thiophene rings is 1. The number of carboxylic acid groups (broad SMARTS) is 1. The first-order valence-electron chi connectivity index (χ1n) is 7.85. The number of carbonyl (C=O) groups excluding carboxylic acids is 2. The maximum Gasteiger partial charge on any atom is 0.341 e. The normalized spacial score (nSPS) is 10.2. The van der Waals surface area contributed by atoms with Crippen LogP contribution in [-0.4, -0.2) is 44.3 Å². The van der Waals surface area contributed by atoms with Crippen molar-refractivity contribution in [3.8, 4) is 22.6 Å². The van der Waals surface area contributed by atoms with Crippen molar-refractivity contribution in [2.75, 3.05) is 26.6 Å². The van der Waals surface area contributed by atoms with Crippen molar-refractivity contribution in [2.24, 2.45) is 0 Å². The number of hydrogen-bond acceptors (Lipinski definition) is 7. The van der Waals surface area contributed by atoms with E-state index in [4.69, 9.17) is 19.3 Å². The van der Waals surface area contributed by atoms with Crippen LogP contribution in [0.2, 0.25) is 0 Å². The molecule has 1 aromatic carbocycles. The highest BCUT2D eigenvalue weighted by Gasteiger charge is 2.24. The van der Waals surface area contributed by atoms with Gasteiger partial charge in [-0.1, -0.05) is 0 Å². The molecular weight excluding hydrogens is 374 g/mol. The molecule has 0 fully saturated rings.